The summed E-state index contributed by atoms with van der Waals surface area (Å²) in [6, 6.07) is 10.0. The van der Waals surface area contributed by atoms with E-state index in [0.717, 1.165) is 28.2 Å². The van der Waals surface area contributed by atoms with Crippen molar-refractivity contribution in [2.45, 2.75) is 6.92 Å². The summed E-state index contributed by atoms with van der Waals surface area (Å²) in [4.78, 5) is 7.83. The van der Waals surface area contributed by atoms with Gasteiger partial charge in [-0.25, -0.2) is 4.98 Å². The molecule has 0 atom stereocenters. The van der Waals surface area contributed by atoms with Gasteiger partial charge in [0.25, 0.3) is 0 Å². The van der Waals surface area contributed by atoms with E-state index >= 15 is 0 Å². The van der Waals surface area contributed by atoms with E-state index in [1.54, 1.807) is 0 Å². The summed E-state index contributed by atoms with van der Waals surface area (Å²) in [5.74, 6) is 0.865. The van der Waals surface area contributed by atoms with Gasteiger partial charge in [-0.2, -0.15) is 5.10 Å². The molecule has 2 heterocycles. The van der Waals surface area contributed by atoms with Gasteiger partial charge in [-0.05, 0) is 25.1 Å². The molecule has 0 radical (unpaired) electrons. The molecule has 0 amide bonds. The first-order valence-corrected chi connectivity index (χ1v) is 5.20. The molecule has 0 unspecified atom stereocenters. The number of H-pyrrole nitrogens is 1. The van der Waals surface area contributed by atoms with Crippen molar-refractivity contribution in [1.29, 1.82) is 0 Å². The molecule has 0 spiro atoms. The van der Waals surface area contributed by atoms with Crippen LogP contribution in [0.15, 0.2) is 30.3 Å². The predicted molar refractivity (Wildman–Crippen MR) is 63.0 cm³/mol. The number of hydrogen-bond acceptors (Lipinski definition) is 2. The highest BCUT2D eigenvalue weighted by molar-refractivity contribution is 5.78. The van der Waals surface area contributed by atoms with E-state index < -0.39 is 0 Å². The number of rotatable bonds is 1. The monoisotopic (exact) mass is 212 g/mol. The maximum absolute atomic E-state index is 4.54. The number of aromatic nitrogens is 4. The Hall–Kier alpha value is -2.10. The summed E-state index contributed by atoms with van der Waals surface area (Å²) in [5, 5.41) is 4.31. The molecule has 0 aliphatic heterocycles. The molecule has 80 valence electrons. The Balaban J connectivity index is 2.22. The summed E-state index contributed by atoms with van der Waals surface area (Å²) >= 11 is 0. The number of para-hydroxylation sites is 2. The number of imidazole rings is 1. The molecule has 2 aromatic heterocycles. The van der Waals surface area contributed by atoms with Gasteiger partial charge in [-0.15, -0.1) is 0 Å². The molecule has 1 aromatic carbocycles. The van der Waals surface area contributed by atoms with Crippen LogP contribution in [0.3, 0.4) is 0 Å². The van der Waals surface area contributed by atoms with Gasteiger partial charge < -0.3 is 4.98 Å². The molecule has 4 nitrogen and oxygen atoms in total. The van der Waals surface area contributed by atoms with Gasteiger partial charge in [-0.3, -0.25) is 4.68 Å². The van der Waals surface area contributed by atoms with Crippen LogP contribution < -0.4 is 0 Å². The van der Waals surface area contributed by atoms with Crippen molar-refractivity contribution in [3.63, 3.8) is 0 Å². The maximum atomic E-state index is 4.54. The summed E-state index contributed by atoms with van der Waals surface area (Å²) in [5.41, 5.74) is 4.04. The molecule has 0 saturated heterocycles. The molecule has 16 heavy (non-hydrogen) atoms. The van der Waals surface area contributed by atoms with E-state index in [9.17, 15) is 0 Å². The average Bonchev–Trinajstić information content (AvgIpc) is 2.81. The molecule has 3 aromatic rings. The molecule has 1 N–H and O–H groups in total. The van der Waals surface area contributed by atoms with Gasteiger partial charge in [0.2, 0.25) is 0 Å². The number of aromatic amines is 1. The van der Waals surface area contributed by atoms with E-state index in [1.165, 1.54) is 0 Å². The highest BCUT2D eigenvalue weighted by Crippen LogP contribution is 2.20. The highest BCUT2D eigenvalue weighted by atomic mass is 15.3. The van der Waals surface area contributed by atoms with Crippen molar-refractivity contribution in [3.8, 4) is 11.5 Å². The van der Waals surface area contributed by atoms with E-state index in [-0.39, 0.29) is 0 Å². The molecular weight excluding hydrogens is 200 g/mol. The molecular formula is C12H12N4. The number of aryl methyl sites for hydroxylation is 2. The lowest BCUT2D eigenvalue weighted by Crippen LogP contribution is -1.94. The fourth-order valence-corrected chi connectivity index (χ4v) is 1.91. The number of fused-ring (bicyclic) bond motifs is 1. The minimum atomic E-state index is 0.865. The molecule has 0 fully saturated rings. The van der Waals surface area contributed by atoms with Crippen molar-refractivity contribution in [2.24, 2.45) is 7.05 Å². The first-order chi connectivity index (χ1) is 7.74. The van der Waals surface area contributed by atoms with Crippen molar-refractivity contribution in [1.82, 2.24) is 19.7 Å². The number of hydrogen-bond donors (Lipinski definition) is 1. The Bertz CT molecular complexity index is 615. The fourth-order valence-electron chi connectivity index (χ4n) is 1.91. The summed E-state index contributed by atoms with van der Waals surface area (Å²) < 4.78 is 1.84. The molecule has 0 saturated carbocycles. The van der Waals surface area contributed by atoms with E-state index in [4.69, 9.17) is 0 Å². The Labute approximate surface area is 92.9 Å². The second-order valence-corrected chi connectivity index (χ2v) is 3.90. The van der Waals surface area contributed by atoms with Crippen LogP contribution in [0.1, 0.15) is 5.69 Å². The van der Waals surface area contributed by atoms with Crippen molar-refractivity contribution < 1.29 is 0 Å². The van der Waals surface area contributed by atoms with Gasteiger partial charge in [0, 0.05) is 7.05 Å². The lowest BCUT2D eigenvalue weighted by atomic mass is 10.3. The summed E-state index contributed by atoms with van der Waals surface area (Å²) in [6.45, 7) is 1.98. The van der Waals surface area contributed by atoms with Crippen molar-refractivity contribution in [3.05, 3.63) is 36.0 Å². The zero-order chi connectivity index (χ0) is 11.1. The SMILES string of the molecule is Cc1cc(-c2nc3ccccc3[nH]2)n(C)n1. The smallest absolute Gasteiger partial charge is 0.156 e. The summed E-state index contributed by atoms with van der Waals surface area (Å²) in [6.07, 6.45) is 0. The van der Waals surface area contributed by atoms with E-state index in [1.807, 2.05) is 49.0 Å². The topological polar surface area (TPSA) is 46.5 Å². The van der Waals surface area contributed by atoms with E-state index in [2.05, 4.69) is 15.1 Å². The van der Waals surface area contributed by atoms with Gasteiger partial charge in [0.15, 0.2) is 5.82 Å². The van der Waals surface area contributed by atoms with Crippen LogP contribution in [0.4, 0.5) is 0 Å². The minimum absolute atomic E-state index is 0.865. The average molecular weight is 212 g/mol. The molecule has 0 aliphatic carbocycles. The highest BCUT2D eigenvalue weighted by Gasteiger charge is 2.09. The van der Waals surface area contributed by atoms with Crippen LogP contribution in [0.2, 0.25) is 0 Å². The number of nitrogens with zero attached hydrogens (tertiary/aromatic N) is 3. The first kappa shape index (κ1) is 9.15. The fraction of sp³-hybridized carbons (Fsp3) is 0.167. The van der Waals surface area contributed by atoms with Crippen LogP contribution in [-0.4, -0.2) is 19.7 Å². The number of benzene rings is 1. The second kappa shape index (κ2) is 3.20. The third-order valence-corrected chi connectivity index (χ3v) is 2.63. The third kappa shape index (κ3) is 1.31. The van der Waals surface area contributed by atoms with Gasteiger partial charge in [-0.1, -0.05) is 12.1 Å². The minimum Gasteiger partial charge on any atom is -0.337 e. The van der Waals surface area contributed by atoms with Crippen LogP contribution in [-0.2, 0) is 7.05 Å². The molecule has 0 bridgehead atoms. The van der Waals surface area contributed by atoms with Crippen LogP contribution in [0, 0.1) is 6.92 Å². The Morgan fingerprint density at radius 2 is 2.06 bits per heavy atom. The van der Waals surface area contributed by atoms with Gasteiger partial charge >= 0.3 is 0 Å². The van der Waals surface area contributed by atoms with E-state index in [0.29, 0.717) is 0 Å². The maximum Gasteiger partial charge on any atom is 0.156 e. The quantitative estimate of drug-likeness (QED) is 0.672. The predicted octanol–water partition coefficient (Wildman–Crippen LogP) is 2.27. The molecule has 4 heteroatoms. The Morgan fingerprint density at radius 1 is 1.25 bits per heavy atom. The second-order valence-electron chi connectivity index (χ2n) is 3.90. The summed E-state index contributed by atoms with van der Waals surface area (Å²) in [7, 11) is 1.93. The normalized spacial score (nSPS) is 11.1. The zero-order valence-electron chi connectivity index (χ0n) is 9.23. The molecule has 0 aliphatic rings. The van der Waals surface area contributed by atoms with Crippen LogP contribution in [0.5, 0.6) is 0 Å². The van der Waals surface area contributed by atoms with Crippen LogP contribution >= 0.6 is 0 Å². The lowest BCUT2D eigenvalue weighted by molar-refractivity contribution is 0.760. The standard InChI is InChI=1S/C12H12N4/c1-8-7-11(16(2)15-8)12-13-9-5-3-4-6-10(9)14-12/h3-7H,1-2H3,(H,13,14). The number of nitrogens with one attached hydrogen (secondary N) is 1. The Kier molecular flexibility index (Phi) is 1.83. The first-order valence-electron chi connectivity index (χ1n) is 5.20. The largest absolute Gasteiger partial charge is 0.337 e. The van der Waals surface area contributed by atoms with Gasteiger partial charge in [0.05, 0.1) is 16.7 Å². The van der Waals surface area contributed by atoms with Crippen molar-refractivity contribution in [2.75, 3.05) is 0 Å². The molecule has 3 rings (SSSR count). The van der Waals surface area contributed by atoms with Gasteiger partial charge in [0.1, 0.15) is 5.69 Å². The third-order valence-electron chi connectivity index (χ3n) is 2.63. The van der Waals surface area contributed by atoms with Crippen LogP contribution in [0.25, 0.3) is 22.6 Å². The zero-order valence-corrected chi connectivity index (χ0v) is 9.23. The Morgan fingerprint density at radius 3 is 2.75 bits per heavy atom. The van der Waals surface area contributed by atoms with Crippen molar-refractivity contribution >= 4 is 11.0 Å². The lowest BCUT2D eigenvalue weighted by Gasteiger charge is -1.95.